The van der Waals surface area contributed by atoms with E-state index in [4.69, 9.17) is 5.73 Å². The highest BCUT2D eigenvalue weighted by Crippen LogP contribution is 2.35. The van der Waals surface area contributed by atoms with Crippen molar-refractivity contribution in [1.29, 1.82) is 0 Å². The van der Waals surface area contributed by atoms with Crippen LogP contribution in [-0.4, -0.2) is 35.7 Å². The van der Waals surface area contributed by atoms with Gasteiger partial charge in [0.1, 0.15) is 0 Å². The van der Waals surface area contributed by atoms with E-state index in [9.17, 15) is 5.11 Å². The van der Waals surface area contributed by atoms with Gasteiger partial charge in [-0.25, -0.2) is 0 Å². The highest BCUT2D eigenvalue weighted by Gasteiger charge is 2.37. The maximum atomic E-state index is 10.0. The lowest BCUT2D eigenvalue weighted by molar-refractivity contribution is -0.0371. The van der Waals surface area contributed by atoms with Gasteiger partial charge in [0.15, 0.2) is 0 Å². The summed E-state index contributed by atoms with van der Waals surface area (Å²) in [5, 5.41) is 10.0. The monoisotopic (exact) mass is 268 g/mol. The van der Waals surface area contributed by atoms with Gasteiger partial charge in [0, 0.05) is 34.8 Å². The van der Waals surface area contributed by atoms with E-state index >= 15 is 0 Å². The van der Waals surface area contributed by atoms with E-state index in [-0.39, 0.29) is 11.5 Å². The first kappa shape index (κ1) is 14.0. The molecule has 2 rings (SSSR count). The molecule has 1 aromatic rings. The minimum absolute atomic E-state index is 0.0437. The number of likely N-dealkylation sites (tertiary alicyclic amines) is 1. The van der Waals surface area contributed by atoms with Crippen LogP contribution in [0.5, 0.6) is 0 Å². The van der Waals surface area contributed by atoms with Crippen LogP contribution in [0.1, 0.15) is 36.1 Å². The Kier molecular flexibility index (Phi) is 4.11. The van der Waals surface area contributed by atoms with E-state index in [1.165, 1.54) is 9.75 Å². The van der Waals surface area contributed by atoms with Crippen molar-refractivity contribution in [2.75, 3.05) is 19.6 Å². The number of aliphatic hydroxyl groups is 1. The third-order valence-corrected chi connectivity index (χ3v) is 5.06. The topological polar surface area (TPSA) is 49.5 Å². The van der Waals surface area contributed by atoms with Crippen molar-refractivity contribution >= 4 is 11.3 Å². The van der Waals surface area contributed by atoms with E-state index in [0.29, 0.717) is 12.6 Å². The van der Waals surface area contributed by atoms with Gasteiger partial charge in [0.25, 0.3) is 0 Å². The van der Waals surface area contributed by atoms with Gasteiger partial charge in [-0.15, -0.1) is 11.3 Å². The Balaban J connectivity index is 2.14. The third-order valence-electron chi connectivity index (χ3n) is 3.96. The summed E-state index contributed by atoms with van der Waals surface area (Å²) in [6, 6.07) is 4.65. The largest absolute Gasteiger partial charge is 0.392 e. The van der Waals surface area contributed by atoms with Gasteiger partial charge < -0.3 is 10.8 Å². The molecule has 1 aliphatic rings. The molecule has 3 N–H and O–H groups in total. The second kappa shape index (κ2) is 5.29. The summed E-state index contributed by atoms with van der Waals surface area (Å²) >= 11 is 1.83. The first-order chi connectivity index (χ1) is 8.44. The first-order valence-corrected chi connectivity index (χ1v) is 7.44. The number of nitrogens with two attached hydrogens (primary N) is 1. The Labute approximate surface area is 114 Å². The van der Waals surface area contributed by atoms with E-state index in [1.54, 1.807) is 0 Å². The van der Waals surface area contributed by atoms with Crippen LogP contribution in [0.3, 0.4) is 0 Å². The Morgan fingerprint density at radius 3 is 2.78 bits per heavy atom. The normalized spacial score (nSPS) is 26.2. The molecule has 4 heteroatoms. The number of piperidine rings is 1. The predicted molar refractivity (Wildman–Crippen MR) is 76.8 cm³/mol. The third kappa shape index (κ3) is 2.77. The minimum Gasteiger partial charge on any atom is -0.392 e. The SMILES string of the molecule is Cc1ccc(C(CN)N2CCC(O)C(C)(C)C2)s1. The fraction of sp³-hybridized carbons (Fsp3) is 0.714. The average molecular weight is 268 g/mol. The number of nitrogens with zero attached hydrogens (tertiary/aromatic N) is 1. The number of aliphatic hydroxyl groups excluding tert-OH is 1. The van der Waals surface area contributed by atoms with Crippen molar-refractivity contribution in [2.45, 2.75) is 39.3 Å². The smallest absolute Gasteiger partial charge is 0.0615 e. The second-order valence-corrected chi connectivity index (χ2v) is 7.28. The Morgan fingerprint density at radius 2 is 2.28 bits per heavy atom. The molecule has 2 atom stereocenters. The lowest BCUT2D eigenvalue weighted by atomic mass is 9.80. The molecule has 2 heterocycles. The molecular formula is C14H24N2OS. The molecule has 1 aliphatic heterocycles. The maximum Gasteiger partial charge on any atom is 0.0615 e. The number of rotatable bonds is 3. The van der Waals surface area contributed by atoms with Crippen LogP contribution in [0.4, 0.5) is 0 Å². The molecule has 1 fully saturated rings. The number of aryl methyl sites for hydroxylation is 1. The molecule has 0 spiro atoms. The Bertz CT molecular complexity index is 402. The number of hydrogen-bond acceptors (Lipinski definition) is 4. The number of hydrogen-bond donors (Lipinski definition) is 2. The highest BCUT2D eigenvalue weighted by molar-refractivity contribution is 7.12. The van der Waals surface area contributed by atoms with Crippen molar-refractivity contribution < 1.29 is 5.11 Å². The molecule has 0 saturated carbocycles. The van der Waals surface area contributed by atoms with Crippen molar-refractivity contribution in [2.24, 2.45) is 11.1 Å². The van der Waals surface area contributed by atoms with Gasteiger partial charge in [-0.2, -0.15) is 0 Å². The van der Waals surface area contributed by atoms with Crippen LogP contribution in [0.2, 0.25) is 0 Å². The van der Waals surface area contributed by atoms with Crippen LogP contribution in [-0.2, 0) is 0 Å². The summed E-state index contributed by atoms with van der Waals surface area (Å²) in [4.78, 5) is 5.11. The lowest BCUT2D eigenvalue weighted by Gasteiger charge is -2.44. The fourth-order valence-corrected chi connectivity index (χ4v) is 3.76. The van der Waals surface area contributed by atoms with Gasteiger partial charge in [0.2, 0.25) is 0 Å². The Morgan fingerprint density at radius 1 is 1.56 bits per heavy atom. The standard InChI is InChI=1S/C14H24N2OS/c1-10-4-5-12(18-10)11(8-15)16-7-6-13(17)14(2,3)9-16/h4-5,11,13,17H,6-9,15H2,1-3H3. The summed E-state index contributed by atoms with van der Waals surface area (Å²) in [6.07, 6.45) is 0.644. The summed E-state index contributed by atoms with van der Waals surface area (Å²) < 4.78 is 0. The summed E-state index contributed by atoms with van der Waals surface area (Å²) in [7, 11) is 0. The Hall–Kier alpha value is -0.420. The molecule has 102 valence electrons. The molecular weight excluding hydrogens is 244 g/mol. The predicted octanol–water partition coefficient (Wildman–Crippen LogP) is 2.15. The van der Waals surface area contributed by atoms with E-state index in [1.807, 2.05) is 11.3 Å². The lowest BCUT2D eigenvalue weighted by Crippen LogP contribution is -2.50. The number of thiophene rings is 1. The van der Waals surface area contributed by atoms with E-state index in [0.717, 1.165) is 19.5 Å². The summed E-state index contributed by atoms with van der Waals surface area (Å²) in [5.41, 5.74) is 5.93. The van der Waals surface area contributed by atoms with Crippen LogP contribution < -0.4 is 5.73 Å². The zero-order valence-corrected chi connectivity index (χ0v) is 12.3. The molecule has 0 aromatic carbocycles. The van der Waals surface area contributed by atoms with Crippen molar-refractivity contribution in [3.63, 3.8) is 0 Å². The minimum atomic E-state index is -0.197. The van der Waals surface area contributed by atoms with Crippen molar-refractivity contribution in [3.8, 4) is 0 Å². The molecule has 18 heavy (non-hydrogen) atoms. The first-order valence-electron chi connectivity index (χ1n) is 6.62. The van der Waals surface area contributed by atoms with Crippen LogP contribution in [0.25, 0.3) is 0 Å². The van der Waals surface area contributed by atoms with Gasteiger partial charge in [-0.3, -0.25) is 4.90 Å². The fourth-order valence-electron chi connectivity index (χ4n) is 2.73. The van der Waals surface area contributed by atoms with Gasteiger partial charge in [-0.05, 0) is 25.5 Å². The molecule has 1 aromatic heterocycles. The van der Waals surface area contributed by atoms with Gasteiger partial charge in [0.05, 0.1) is 12.1 Å². The van der Waals surface area contributed by atoms with Crippen LogP contribution >= 0.6 is 11.3 Å². The molecule has 0 bridgehead atoms. The highest BCUT2D eigenvalue weighted by atomic mass is 32.1. The van der Waals surface area contributed by atoms with Crippen LogP contribution in [0.15, 0.2) is 12.1 Å². The molecule has 2 unspecified atom stereocenters. The molecule has 3 nitrogen and oxygen atoms in total. The van der Waals surface area contributed by atoms with E-state index in [2.05, 4.69) is 37.8 Å². The average Bonchev–Trinajstić information content (AvgIpc) is 2.71. The quantitative estimate of drug-likeness (QED) is 0.883. The zero-order chi connectivity index (χ0) is 13.3. The molecule has 1 saturated heterocycles. The molecule has 0 aliphatic carbocycles. The maximum absolute atomic E-state index is 10.0. The van der Waals surface area contributed by atoms with Crippen molar-refractivity contribution in [1.82, 2.24) is 4.90 Å². The van der Waals surface area contributed by atoms with Gasteiger partial charge >= 0.3 is 0 Å². The van der Waals surface area contributed by atoms with E-state index < -0.39 is 0 Å². The summed E-state index contributed by atoms with van der Waals surface area (Å²) in [5.74, 6) is 0. The zero-order valence-electron chi connectivity index (χ0n) is 11.5. The molecule has 0 radical (unpaired) electrons. The van der Waals surface area contributed by atoms with Crippen LogP contribution in [0, 0.1) is 12.3 Å². The second-order valence-electron chi connectivity index (χ2n) is 5.96. The van der Waals surface area contributed by atoms with Crippen molar-refractivity contribution in [3.05, 3.63) is 21.9 Å². The summed E-state index contributed by atoms with van der Waals surface area (Å²) in [6.45, 7) is 8.89. The molecule has 0 amide bonds. The van der Waals surface area contributed by atoms with Gasteiger partial charge in [-0.1, -0.05) is 13.8 Å².